The van der Waals surface area contributed by atoms with Crippen molar-refractivity contribution < 1.29 is 9.59 Å². The molecule has 0 spiro atoms. The topological polar surface area (TPSA) is 58.2 Å². The Morgan fingerprint density at radius 1 is 0.533 bits per heavy atom. The van der Waals surface area contributed by atoms with Crippen LogP contribution in [0.15, 0.2) is 24.3 Å². The molecular weight excluding hydrogens is 372 g/mol. The zero-order valence-corrected chi connectivity index (χ0v) is 19.9. The van der Waals surface area contributed by atoms with E-state index in [1.165, 1.54) is 51.4 Å². The molecule has 0 radical (unpaired) electrons. The first kappa shape index (κ1) is 28.4. The van der Waals surface area contributed by atoms with E-state index in [0.29, 0.717) is 12.8 Å². The van der Waals surface area contributed by atoms with E-state index in [0.717, 1.165) is 51.6 Å². The molecule has 0 unspecified atom stereocenters. The lowest BCUT2D eigenvalue weighted by molar-refractivity contribution is -0.123. The van der Waals surface area contributed by atoms with Crippen molar-refractivity contribution in [1.29, 1.82) is 0 Å². The molecule has 174 valence electrons. The molecule has 0 aliphatic rings. The van der Waals surface area contributed by atoms with Gasteiger partial charge in [-0.1, -0.05) is 63.8 Å². The van der Waals surface area contributed by atoms with Gasteiger partial charge < -0.3 is 10.6 Å². The quantitative estimate of drug-likeness (QED) is 0.162. The maximum atomic E-state index is 11.8. The highest BCUT2D eigenvalue weighted by Gasteiger charge is 2.03. The van der Waals surface area contributed by atoms with Gasteiger partial charge in [-0.2, -0.15) is 0 Å². The minimum Gasteiger partial charge on any atom is -0.356 e. The predicted molar refractivity (Wildman–Crippen MR) is 130 cm³/mol. The zero-order chi connectivity index (χ0) is 22.1. The molecule has 0 bridgehead atoms. The van der Waals surface area contributed by atoms with E-state index in [4.69, 9.17) is 0 Å². The van der Waals surface area contributed by atoms with E-state index in [9.17, 15) is 9.59 Å². The van der Waals surface area contributed by atoms with Gasteiger partial charge in [0, 0.05) is 25.9 Å². The molecule has 0 aliphatic carbocycles. The highest BCUT2D eigenvalue weighted by atomic mass is 16.2. The van der Waals surface area contributed by atoms with Gasteiger partial charge in [-0.05, 0) is 64.2 Å². The molecule has 0 saturated carbocycles. The monoisotopic (exact) mass is 420 g/mol. The van der Waals surface area contributed by atoms with Crippen LogP contribution in [0.25, 0.3) is 0 Å². The maximum absolute atomic E-state index is 11.8. The number of amides is 2. The number of hydrogen-bond acceptors (Lipinski definition) is 2. The highest BCUT2D eigenvalue weighted by molar-refractivity contribution is 5.77. The molecule has 2 N–H and O–H groups in total. The first-order valence-electron chi connectivity index (χ1n) is 12.5. The summed E-state index contributed by atoms with van der Waals surface area (Å²) in [4.78, 5) is 23.6. The summed E-state index contributed by atoms with van der Waals surface area (Å²) in [5, 5.41) is 5.94. The Morgan fingerprint density at radius 3 is 1.27 bits per heavy atom. The summed E-state index contributed by atoms with van der Waals surface area (Å²) in [6, 6.07) is 0. The Bertz CT molecular complexity index is 416. The van der Waals surface area contributed by atoms with Crippen LogP contribution in [0.4, 0.5) is 0 Å². The Morgan fingerprint density at radius 2 is 0.900 bits per heavy atom. The third-order valence-electron chi connectivity index (χ3n) is 5.08. The van der Waals surface area contributed by atoms with Crippen molar-refractivity contribution >= 4 is 11.8 Å². The molecule has 4 nitrogen and oxygen atoms in total. The van der Waals surface area contributed by atoms with Gasteiger partial charge in [-0.25, -0.2) is 0 Å². The van der Waals surface area contributed by atoms with E-state index in [-0.39, 0.29) is 11.8 Å². The van der Waals surface area contributed by atoms with Crippen LogP contribution in [0.1, 0.15) is 117 Å². The number of rotatable bonds is 21. The van der Waals surface area contributed by atoms with Gasteiger partial charge in [0.2, 0.25) is 11.8 Å². The molecular formula is C26H48N2O2. The van der Waals surface area contributed by atoms with Gasteiger partial charge in [0.15, 0.2) is 0 Å². The van der Waals surface area contributed by atoms with Crippen molar-refractivity contribution in [2.75, 3.05) is 13.1 Å². The lowest BCUT2D eigenvalue weighted by atomic mass is 10.1. The molecule has 30 heavy (non-hydrogen) atoms. The molecule has 0 aliphatic heterocycles. The summed E-state index contributed by atoms with van der Waals surface area (Å²) in [6.45, 7) is 5.92. The van der Waals surface area contributed by atoms with Crippen LogP contribution < -0.4 is 10.6 Å². The van der Waals surface area contributed by atoms with Crippen molar-refractivity contribution in [3.8, 4) is 0 Å². The molecule has 0 rings (SSSR count). The number of nitrogens with one attached hydrogen (secondary N) is 2. The zero-order valence-electron chi connectivity index (χ0n) is 19.9. The number of carbonyl (C=O) groups is 2. The van der Waals surface area contributed by atoms with Gasteiger partial charge in [0.05, 0.1) is 0 Å². The minimum atomic E-state index is 0.105. The van der Waals surface area contributed by atoms with Crippen LogP contribution in [0.5, 0.6) is 0 Å². The maximum Gasteiger partial charge on any atom is 0.219 e. The van der Waals surface area contributed by atoms with E-state index < -0.39 is 0 Å². The number of unbranched alkanes of at least 4 members (excludes halogenated alkanes) is 9. The molecule has 4 heteroatoms. The van der Waals surface area contributed by atoms with Crippen molar-refractivity contribution in [3.05, 3.63) is 24.3 Å². The van der Waals surface area contributed by atoms with Crippen LogP contribution in [-0.4, -0.2) is 24.9 Å². The SMILES string of the molecule is CCCCC/C=C/CCCNC(=O)CCCCC(=O)NCCC/C=C/CCCCC. The smallest absolute Gasteiger partial charge is 0.219 e. The second-order valence-corrected chi connectivity index (χ2v) is 8.13. The van der Waals surface area contributed by atoms with Crippen molar-refractivity contribution in [2.45, 2.75) is 117 Å². The Labute approximate surface area is 186 Å². The number of carbonyl (C=O) groups excluding carboxylic acids is 2. The molecule has 0 saturated heterocycles. The van der Waals surface area contributed by atoms with Crippen LogP contribution in [0, 0.1) is 0 Å². The van der Waals surface area contributed by atoms with Crippen LogP contribution in [0.2, 0.25) is 0 Å². The minimum absolute atomic E-state index is 0.105. The average molecular weight is 421 g/mol. The van der Waals surface area contributed by atoms with Gasteiger partial charge >= 0.3 is 0 Å². The molecule has 0 aromatic rings. The van der Waals surface area contributed by atoms with Crippen molar-refractivity contribution in [2.24, 2.45) is 0 Å². The second-order valence-electron chi connectivity index (χ2n) is 8.13. The van der Waals surface area contributed by atoms with Gasteiger partial charge in [0.25, 0.3) is 0 Å². The second kappa shape index (κ2) is 23.7. The molecule has 0 atom stereocenters. The highest BCUT2D eigenvalue weighted by Crippen LogP contribution is 2.03. The van der Waals surface area contributed by atoms with E-state index in [1.807, 2.05) is 0 Å². The van der Waals surface area contributed by atoms with E-state index >= 15 is 0 Å². The molecule has 0 aromatic carbocycles. The summed E-state index contributed by atoms with van der Waals surface area (Å²) < 4.78 is 0. The standard InChI is InChI=1S/C26H48N2O2/c1-3-5-7-9-11-13-15-19-23-27-25(29)21-17-18-22-26(30)28-24-20-16-14-12-10-8-6-4-2/h11-14H,3-10,15-24H2,1-2H3,(H,27,29)(H,28,30)/b13-11+,14-12+. The predicted octanol–water partition coefficient (Wildman–Crippen LogP) is 6.61. The fraction of sp³-hybridized carbons (Fsp3) is 0.769. The van der Waals surface area contributed by atoms with E-state index in [1.54, 1.807) is 0 Å². The summed E-state index contributed by atoms with van der Waals surface area (Å²) in [5.41, 5.74) is 0. The Hall–Kier alpha value is -1.58. The fourth-order valence-electron chi connectivity index (χ4n) is 3.14. The molecule has 2 amide bonds. The van der Waals surface area contributed by atoms with Crippen LogP contribution in [0.3, 0.4) is 0 Å². The number of allylic oxidation sites excluding steroid dienone is 4. The van der Waals surface area contributed by atoms with Gasteiger partial charge in [-0.15, -0.1) is 0 Å². The molecule has 0 aromatic heterocycles. The summed E-state index contributed by atoms with van der Waals surface area (Å²) >= 11 is 0. The van der Waals surface area contributed by atoms with Crippen LogP contribution >= 0.6 is 0 Å². The van der Waals surface area contributed by atoms with Crippen molar-refractivity contribution in [1.82, 2.24) is 10.6 Å². The normalized spacial score (nSPS) is 11.4. The lowest BCUT2D eigenvalue weighted by Gasteiger charge is -2.05. The summed E-state index contributed by atoms with van der Waals surface area (Å²) in [7, 11) is 0. The van der Waals surface area contributed by atoms with Gasteiger partial charge in [0.1, 0.15) is 0 Å². The van der Waals surface area contributed by atoms with Crippen molar-refractivity contribution in [3.63, 3.8) is 0 Å². The Kier molecular flexibility index (Phi) is 22.4. The molecule has 0 heterocycles. The third-order valence-corrected chi connectivity index (χ3v) is 5.08. The third kappa shape index (κ3) is 22.7. The summed E-state index contributed by atoms with van der Waals surface area (Å²) in [6.07, 6.45) is 25.6. The summed E-state index contributed by atoms with van der Waals surface area (Å²) in [5.74, 6) is 0.209. The first-order valence-corrected chi connectivity index (χ1v) is 12.5. The number of hydrogen-bond donors (Lipinski definition) is 2. The van der Waals surface area contributed by atoms with Crippen LogP contribution in [-0.2, 0) is 9.59 Å². The van der Waals surface area contributed by atoms with Gasteiger partial charge in [-0.3, -0.25) is 9.59 Å². The molecule has 0 fully saturated rings. The van der Waals surface area contributed by atoms with E-state index in [2.05, 4.69) is 48.8 Å². The largest absolute Gasteiger partial charge is 0.356 e. The fourth-order valence-corrected chi connectivity index (χ4v) is 3.14. The first-order chi connectivity index (χ1) is 14.7. The Balaban J connectivity index is 3.40. The lowest BCUT2D eigenvalue weighted by Crippen LogP contribution is -2.25. The average Bonchev–Trinajstić information content (AvgIpc) is 2.74.